The zero-order valence-electron chi connectivity index (χ0n) is 23.9. The molecule has 1 amide bonds. The van der Waals surface area contributed by atoms with Gasteiger partial charge in [0.15, 0.2) is 5.11 Å². The molecule has 0 saturated carbocycles. The molecular weight excluding hydrogens is 577 g/mol. The fraction of sp³-hybridized carbons (Fsp3) is 0.400. The van der Waals surface area contributed by atoms with E-state index in [4.69, 9.17) is 40.7 Å². The average Bonchev–Trinajstić information content (AvgIpc) is 3.36. The molecule has 1 heterocycles. The van der Waals surface area contributed by atoms with Crippen molar-refractivity contribution in [1.29, 1.82) is 5.26 Å². The molecule has 11 heteroatoms. The van der Waals surface area contributed by atoms with Crippen LogP contribution in [0.5, 0.6) is 0 Å². The van der Waals surface area contributed by atoms with Gasteiger partial charge in [-0.3, -0.25) is 4.79 Å². The van der Waals surface area contributed by atoms with Crippen LogP contribution < -0.4 is 10.6 Å². The van der Waals surface area contributed by atoms with Gasteiger partial charge >= 0.3 is 0 Å². The standard InChI is InChI=1S/C30H37Cl2N7OS/c1-21(2)27(19-38(30(41)35-12-13-37(3)4)18-24-6-5-7-26(31)29(24)32)36-28(40)14-25-16-34-20-39(25)17-23-10-8-22(15-33)9-11-23/h5-11,16,20-21,27H,12-14,17-19H2,1-4H3,(H,35,41)(H,36,40)/t27-/m1/s1. The van der Waals surface area contributed by atoms with Crippen LogP contribution in [-0.2, 0) is 24.3 Å². The number of imidazole rings is 1. The van der Waals surface area contributed by atoms with E-state index in [2.05, 4.69) is 40.4 Å². The van der Waals surface area contributed by atoms with E-state index in [0.29, 0.717) is 46.9 Å². The second-order valence-electron chi connectivity index (χ2n) is 10.5. The molecule has 8 nitrogen and oxygen atoms in total. The van der Waals surface area contributed by atoms with Crippen LogP contribution in [0.25, 0.3) is 0 Å². The summed E-state index contributed by atoms with van der Waals surface area (Å²) in [4.78, 5) is 21.6. The SMILES string of the molecule is CC(C)[C@@H](CN(Cc1cccc(Cl)c1Cl)C(=S)NCCN(C)C)NC(=O)Cc1cncn1Cc1ccc(C#N)cc1. The molecule has 1 aromatic heterocycles. The number of nitrogens with one attached hydrogen (secondary N) is 2. The van der Waals surface area contributed by atoms with Crippen molar-refractivity contribution in [2.24, 2.45) is 5.92 Å². The minimum absolute atomic E-state index is 0.0995. The fourth-order valence-electron chi connectivity index (χ4n) is 4.20. The van der Waals surface area contributed by atoms with E-state index >= 15 is 0 Å². The van der Waals surface area contributed by atoms with Gasteiger partial charge in [0.2, 0.25) is 5.91 Å². The topological polar surface area (TPSA) is 89.2 Å². The van der Waals surface area contributed by atoms with Gasteiger partial charge in [-0.2, -0.15) is 5.26 Å². The number of nitrogens with zero attached hydrogens (tertiary/aromatic N) is 5. The molecule has 218 valence electrons. The summed E-state index contributed by atoms with van der Waals surface area (Å²) in [6.45, 7) is 7.16. The number of carbonyl (C=O) groups is 1. The monoisotopic (exact) mass is 613 g/mol. The zero-order valence-corrected chi connectivity index (χ0v) is 26.2. The molecule has 2 aromatic carbocycles. The normalized spacial score (nSPS) is 11.8. The van der Waals surface area contributed by atoms with Gasteiger partial charge in [-0.1, -0.05) is 61.3 Å². The maximum atomic E-state index is 13.3. The Hall–Kier alpha value is -3.16. The molecular formula is C30H37Cl2N7OS. The fourth-order valence-corrected chi connectivity index (χ4v) is 4.82. The highest BCUT2D eigenvalue weighted by Crippen LogP contribution is 2.27. The van der Waals surface area contributed by atoms with E-state index in [1.165, 1.54) is 0 Å². The van der Waals surface area contributed by atoms with Crippen molar-refractivity contribution in [1.82, 2.24) is 30.0 Å². The number of likely N-dealkylation sites (N-methyl/N-ethyl adjacent to an activating group) is 1. The van der Waals surface area contributed by atoms with Crippen molar-refractivity contribution < 1.29 is 4.79 Å². The molecule has 0 aliphatic carbocycles. The Balaban J connectivity index is 1.71. The highest BCUT2D eigenvalue weighted by atomic mass is 35.5. The molecule has 0 radical (unpaired) electrons. The first kappa shape index (κ1) is 32.4. The second kappa shape index (κ2) is 15.7. The Morgan fingerprint density at radius 3 is 2.56 bits per heavy atom. The van der Waals surface area contributed by atoms with Crippen LogP contribution in [0.15, 0.2) is 55.0 Å². The largest absolute Gasteiger partial charge is 0.361 e. The Labute approximate surface area is 258 Å². The van der Waals surface area contributed by atoms with Crippen molar-refractivity contribution in [3.05, 3.63) is 87.4 Å². The summed E-state index contributed by atoms with van der Waals surface area (Å²) in [5, 5.41) is 17.2. The van der Waals surface area contributed by atoms with Gasteiger partial charge in [-0.05, 0) is 61.6 Å². The van der Waals surface area contributed by atoms with E-state index in [9.17, 15) is 4.79 Å². The zero-order chi connectivity index (χ0) is 29.9. The molecule has 3 aromatic rings. The number of benzene rings is 2. The molecule has 0 unspecified atom stereocenters. The number of aromatic nitrogens is 2. The van der Waals surface area contributed by atoms with E-state index in [1.54, 1.807) is 30.7 Å². The number of carbonyl (C=O) groups excluding carboxylic acids is 1. The summed E-state index contributed by atoms with van der Waals surface area (Å²) >= 11 is 18.6. The van der Waals surface area contributed by atoms with Crippen LogP contribution in [0.4, 0.5) is 0 Å². The van der Waals surface area contributed by atoms with Crippen LogP contribution in [0.3, 0.4) is 0 Å². The third kappa shape index (κ3) is 10.0. The van der Waals surface area contributed by atoms with Gasteiger partial charge in [0.05, 0.1) is 34.4 Å². The first-order valence-electron chi connectivity index (χ1n) is 13.4. The van der Waals surface area contributed by atoms with E-state index in [1.807, 2.05) is 47.8 Å². The summed E-state index contributed by atoms with van der Waals surface area (Å²) < 4.78 is 1.95. The molecule has 0 saturated heterocycles. The highest BCUT2D eigenvalue weighted by molar-refractivity contribution is 7.80. The molecule has 0 fully saturated rings. The number of halogens is 2. The number of amides is 1. The molecule has 2 N–H and O–H groups in total. The highest BCUT2D eigenvalue weighted by Gasteiger charge is 2.23. The van der Waals surface area contributed by atoms with Gasteiger partial charge < -0.3 is 25.0 Å². The van der Waals surface area contributed by atoms with E-state index < -0.39 is 0 Å². The predicted octanol–water partition coefficient (Wildman–Crippen LogP) is 4.73. The lowest BCUT2D eigenvalue weighted by molar-refractivity contribution is -0.121. The van der Waals surface area contributed by atoms with Crippen molar-refractivity contribution in [2.45, 2.75) is 39.4 Å². The lowest BCUT2D eigenvalue weighted by Gasteiger charge is -2.33. The summed E-state index contributed by atoms with van der Waals surface area (Å²) in [6.07, 6.45) is 3.62. The van der Waals surface area contributed by atoms with E-state index in [-0.39, 0.29) is 24.3 Å². The summed E-state index contributed by atoms with van der Waals surface area (Å²) in [5.74, 6) is 0.0434. The maximum absolute atomic E-state index is 13.3. The van der Waals surface area contributed by atoms with Crippen LogP contribution in [0.1, 0.15) is 36.2 Å². The number of hydrogen-bond acceptors (Lipinski definition) is 5. The van der Waals surface area contributed by atoms with Gasteiger partial charge in [0.25, 0.3) is 0 Å². The van der Waals surface area contributed by atoms with Crippen LogP contribution in [0.2, 0.25) is 10.0 Å². The molecule has 1 atom stereocenters. The smallest absolute Gasteiger partial charge is 0.226 e. The molecule has 0 aliphatic rings. The van der Waals surface area contributed by atoms with Gasteiger partial charge in [-0.15, -0.1) is 0 Å². The van der Waals surface area contributed by atoms with Crippen LogP contribution in [-0.4, -0.2) is 70.1 Å². The van der Waals surface area contributed by atoms with Crippen molar-refractivity contribution >= 4 is 46.4 Å². The molecule has 0 spiro atoms. The number of rotatable bonds is 13. The number of nitriles is 1. The first-order valence-corrected chi connectivity index (χ1v) is 14.6. The summed E-state index contributed by atoms with van der Waals surface area (Å²) in [5.41, 5.74) is 3.29. The van der Waals surface area contributed by atoms with Crippen LogP contribution >= 0.6 is 35.4 Å². The average molecular weight is 615 g/mol. The van der Waals surface area contributed by atoms with Gasteiger partial charge in [0.1, 0.15) is 0 Å². The molecule has 3 rings (SSSR count). The Morgan fingerprint density at radius 1 is 1.17 bits per heavy atom. The molecule has 0 bridgehead atoms. The second-order valence-corrected chi connectivity index (χ2v) is 11.7. The minimum atomic E-state index is -0.177. The quantitative estimate of drug-likeness (QED) is 0.269. The maximum Gasteiger partial charge on any atom is 0.226 e. The summed E-state index contributed by atoms with van der Waals surface area (Å²) in [6, 6.07) is 14.9. The Kier molecular flexibility index (Phi) is 12.4. The van der Waals surface area contributed by atoms with Gasteiger partial charge in [-0.25, -0.2) is 4.98 Å². The first-order chi connectivity index (χ1) is 19.6. The summed E-state index contributed by atoms with van der Waals surface area (Å²) in [7, 11) is 4.02. The lowest BCUT2D eigenvalue weighted by Crippen LogP contribution is -2.51. The Bertz CT molecular complexity index is 1350. The minimum Gasteiger partial charge on any atom is -0.361 e. The molecule has 41 heavy (non-hydrogen) atoms. The molecule has 0 aliphatic heterocycles. The van der Waals surface area contributed by atoms with Crippen LogP contribution in [0, 0.1) is 17.2 Å². The lowest BCUT2D eigenvalue weighted by atomic mass is 10.0. The third-order valence-corrected chi connectivity index (χ3v) is 7.92. The van der Waals surface area contributed by atoms with Crippen molar-refractivity contribution in [3.8, 4) is 6.07 Å². The third-order valence-electron chi connectivity index (χ3n) is 6.66. The van der Waals surface area contributed by atoms with E-state index in [0.717, 1.165) is 23.4 Å². The van der Waals surface area contributed by atoms with Crippen molar-refractivity contribution in [3.63, 3.8) is 0 Å². The number of hydrogen-bond donors (Lipinski definition) is 2. The Morgan fingerprint density at radius 2 is 1.90 bits per heavy atom. The van der Waals surface area contributed by atoms with Crippen molar-refractivity contribution in [2.75, 3.05) is 33.7 Å². The van der Waals surface area contributed by atoms with Gasteiger partial charge in [0, 0.05) is 50.7 Å². The number of thiocarbonyl (C=S) groups is 1. The predicted molar refractivity (Wildman–Crippen MR) is 169 cm³/mol.